The third-order valence-corrected chi connectivity index (χ3v) is 1.79. The first-order valence-corrected chi connectivity index (χ1v) is 4.87. The van der Waals surface area contributed by atoms with E-state index in [0.717, 1.165) is 0 Å². The molecule has 1 unspecified atom stereocenters. The third-order valence-electron chi connectivity index (χ3n) is 1.79. The predicted molar refractivity (Wildman–Crippen MR) is 60.4 cm³/mol. The van der Waals surface area contributed by atoms with Crippen LogP contribution in [0.2, 0.25) is 0 Å². The molecule has 0 aliphatic carbocycles. The van der Waals surface area contributed by atoms with Crippen molar-refractivity contribution in [2.45, 2.75) is 20.0 Å². The number of hydrogen-bond donors (Lipinski definition) is 3. The fourth-order valence-electron chi connectivity index (χ4n) is 1.17. The molecule has 0 amide bonds. The van der Waals surface area contributed by atoms with Gasteiger partial charge in [-0.3, -0.25) is 0 Å². The maximum atomic E-state index is 5.52. The van der Waals surface area contributed by atoms with Gasteiger partial charge in [0.15, 0.2) is 0 Å². The number of aromatic nitrogens is 2. The second-order valence-corrected chi connectivity index (χ2v) is 3.18. The highest BCUT2D eigenvalue weighted by molar-refractivity contribution is 5.48. The van der Waals surface area contributed by atoms with Crippen LogP contribution in [0.3, 0.4) is 0 Å². The Bertz CT molecular complexity index is 297. The van der Waals surface area contributed by atoms with Gasteiger partial charge in [0.05, 0.1) is 6.10 Å². The van der Waals surface area contributed by atoms with E-state index in [0.29, 0.717) is 24.8 Å². The third kappa shape index (κ3) is 3.99. The van der Waals surface area contributed by atoms with Crippen LogP contribution >= 0.6 is 0 Å². The zero-order valence-electron chi connectivity index (χ0n) is 9.03. The maximum Gasteiger partial charge on any atom is 0.223 e. The fraction of sp³-hybridized carbons (Fsp3) is 0.556. The largest absolute Gasteiger partial charge is 0.383 e. The van der Waals surface area contributed by atoms with Crippen LogP contribution in [0.4, 0.5) is 17.6 Å². The zero-order valence-corrected chi connectivity index (χ0v) is 9.03. The number of nitrogens with one attached hydrogen (secondary N) is 1. The molecule has 0 aliphatic heterocycles. The molecule has 0 fully saturated rings. The van der Waals surface area contributed by atoms with Crippen LogP contribution in [0.15, 0.2) is 6.07 Å². The van der Waals surface area contributed by atoms with E-state index in [1.807, 2.05) is 13.8 Å². The van der Waals surface area contributed by atoms with E-state index >= 15 is 0 Å². The van der Waals surface area contributed by atoms with Crippen molar-refractivity contribution < 1.29 is 4.74 Å². The number of hydrogen-bond acceptors (Lipinski definition) is 6. The van der Waals surface area contributed by atoms with Crippen LogP contribution in [0.1, 0.15) is 13.8 Å². The molecular weight excluding hydrogens is 194 g/mol. The molecule has 1 aromatic rings. The van der Waals surface area contributed by atoms with Crippen molar-refractivity contribution in [1.82, 2.24) is 9.97 Å². The lowest BCUT2D eigenvalue weighted by Crippen LogP contribution is -2.20. The van der Waals surface area contributed by atoms with Gasteiger partial charge >= 0.3 is 0 Å². The Labute approximate surface area is 89.0 Å². The minimum absolute atomic E-state index is 0.118. The second kappa shape index (κ2) is 5.35. The summed E-state index contributed by atoms with van der Waals surface area (Å²) in [5, 5.41) is 3.07. The normalized spacial score (nSPS) is 12.4. The first kappa shape index (κ1) is 11.5. The summed E-state index contributed by atoms with van der Waals surface area (Å²) in [6.07, 6.45) is 0.118. The predicted octanol–water partition coefficient (Wildman–Crippen LogP) is 0.478. The molecule has 0 saturated carbocycles. The molecule has 1 atom stereocenters. The first-order chi connectivity index (χ1) is 7.11. The minimum Gasteiger partial charge on any atom is -0.383 e. The zero-order chi connectivity index (χ0) is 11.3. The number of ether oxygens (including phenoxy) is 1. The van der Waals surface area contributed by atoms with Crippen molar-refractivity contribution in [2.24, 2.45) is 0 Å². The molecule has 6 heteroatoms. The molecule has 1 heterocycles. The molecule has 1 rings (SSSR count). The lowest BCUT2D eigenvalue weighted by molar-refractivity contribution is 0.0855. The topological polar surface area (TPSA) is 99.1 Å². The number of nitrogen functional groups attached to an aromatic ring is 2. The Kier molecular flexibility index (Phi) is 4.11. The highest BCUT2D eigenvalue weighted by atomic mass is 16.5. The summed E-state index contributed by atoms with van der Waals surface area (Å²) in [6, 6.07) is 1.63. The summed E-state index contributed by atoms with van der Waals surface area (Å²) in [5.74, 6) is 1.14. The maximum absolute atomic E-state index is 5.52. The Balaban J connectivity index is 2.50. The van der Waals surface area contributed by atoms with Crippen LogP contribution in [0, 0.1) is 0 Å². The molecule has 0 aliphatic rings. The van der Waals surface area contributed by atoms with Gasteiger partial charge in [0, 0.05) is 19.2 Å². The summed E-state index contributed by atoms with van der Waals surface area (Å²) < 4.78 is 5.36. The minimum atomic E-state index is 0.118. The Morgan fingerprint density at radius 2 is 2.20 bits per heavy atom. The molecule has 1 aromatic heterocycles. The van der Waals surface area contributed by atoms with Gasteiger partial charge < -0.3 is 21.5 Å². The van der Waals surface area contributed by atoms with Crippen LogP contribution < -0.4 is 16.8 Å². The van der Waals surface area contributed by atoms with E-state index in [4.69, 9.17) is 16.2 Å². The van der Waals surface area contributed by atoms with E-state index in [1.54, 1.807) is 6.07 Å². The first-order valence-electron chi connectivity index (χ1n) is 4.87. The van der Waals surface area contributed by atoms with Crippen molar-refractivity contribution in [3.05, 3.63) is 6.07 Å². The second-order valence-electron chi connectivity index (χ2n) is 3.18. The van der Waals surface area contributed by atoms with Gasteiger partial charge in [0.2, 0.25) is 5.95 Å². The summed E-state index contributed by atoms with van der Waals surface area (Å²) in [7, 11) is 0. The SMILES string of the molecule is CCOC(C)CNc1cc(N)nc(N)n1. The summed E-state index contributed by atoms with van der Waals surface area (Å²) >= 11 is 0. The Morgan fingerprint density at radius 3 is 2.80 bits per heavy atom. The van der Waals surface area contributed by atoms with E-state index in [1.165, 1.54) is 0 Å². The Morgan fingerprint density at radius 1 is 1.47 bits per heavy atom. The molecule has 15 heavy (non-hydrogen) atoms. The number of nitrogens with two attached hydrogens (primary N) is 2. The van der Waals surface area contributed by atoms with Gasteiger partial charge in [0.1, 0.15) is 11.6 Å². The van der Waals surface area contributed by atoms with E-state index in [-0.39, 0.29) is 12.1 Å². The summed E-state index contributed by atoms with van der Waals surface area (Å²) in [4.78, 5) is 7.76. The molecule has 0 bridgehead atoms. The summed E-state index contributed by atoms with van der Waals surface area (Å²) in [6.45, 7) is 5.28. The van der Waals surface area contributed by atoms with Crippen molar-refractivity contribution in [3.8, 4) is 0 Å². The van der Waals surface area contributed by atoms with E-state index in [9.17, 15) is 0 Å². The highest BCUT2D eigenvalue weighted by Gasteiger charge is 2.03. The van der Waals surface area contributed by atoms with Crippen LogP contribution in [0.25, 0.3) is 0 Å². The molecule has 5 N–H and O–H groups in total. The molecule has 0 radical (unpaired) electrons. The number of nitrogens with zero attached hydrogens (tertiary/aromatic N) is 2. The summed E-state index contributed by atoms with van der Waals surface area (Å²) in [5.41, 5.74) is 11.0. The standard InChI is InChI=1S/C9H17N5O/c1-3-15-6(2)5-12-8-4-7(10)13-9(11)14-8/h4,6H,3,5H2,1-2H3,(H5,10,11,12,13,14). The van der Waals surface area contributed by atoms with Gasteiger partial charge in [-0.25, -0.2) is 0 Å². The number of anilines is 3. The van der Waals surface area contributed by atoms with Crippen molar-refractivity contribution in [3.63, 3.8) is 0 Å². The van der Waals surface area contributed by atoms with E-state index in [2.05, 4.69) is 15.3 Å². The Hall–Kier alpha value is -1.56. The van der Waals surface area contributed by atoms with Crippen molar-refractivity contribution in [1.29, 1.82) is 0 Å². The molecule has 0 saturated heterocycles. The number of rotatable bonds is 5. The highest BCUT2D eigenvalue weighted by Crippen LogP contribution is 2.09. The molecule has 6 nitrogen and oxygen atoms in total. The molecule has 0 spiro atoms. The van der Waals surface area contributed by atoms with Crippen LogP contribution in [-0.4, -0.2) is 29.2 Å². The van der Waals surface area contributed by atoms with Gasteiger partial charge in [-0.1, -0.05) is 0 Å². The van der Waals surface area contributed by atoms with Crippen molar-refractivity contribution >= 4 is 17.6 Å². The average molecular weight is 211 g/mol. The van der Waals surface area contributed by atoms with Crippen LogP contribution in [-0.2, 0) is 4.74 Å². The van der Waals surface area contributed by atoms with Gasteiger partial charge in [-0.2, -0.15) is 9.97 Å². The lowest BCUT2D eigenvalue weighted by atomic mass is 10.4. The monoisotopic (exact) mass is 211 g/mol. The van der Waals surface area contributed by atoms with Gasteiger partial charge in [0.25, 0.3) is 0 Å². The van der Waals surface area contributed by atoms with Crippen molar-refractivity contribution in [2.75, 3.05) is 29.9 Å². The van der Waals surface area contributed by atoms with E-state index < -0.39 is 0 Å². The average Bonchev–Trinajstić information content (AvgIpc) is 2.14. The smallest absolute Gasteiger partial charge is 0.223 e. The quantitative estimate of drug-likeness (QED) is 0.655. The molecular formula is C9H17N5O. The van der Waals surface area contributed by atoms with Gasteiger partial charge in [-0.05, 0) is 13.8 Å². The lowest BCUT2D eigenvalue weighted by Gasteiger charge is -2.13. The fourth-order valence-corrected chi connectivity index (χ4v) is 1.17. The molecule has 0 aromatic carbocycles. The van der Waals surface area contributed by atoms with Gasteiger partial charge in [-0.15, -0.1) is 0 Å². The van der Waals surface area contributed by atoms with Crippen LogP contribution in [0.5, 0.6) is 0 Å². The molecule has 84 valence electrons.